The molecule has 2 N–H and O–H groups in total. The molecule has 1 saturated heterocycles. The molecule has 0 radical (unpaired) electrons. The second kappa shape index (κ2) is 3.81. The fourth-order valence-electron chi connectivity index (χ4n) is 1.71. The molecule has 0 saturated carbocycles. The zero-order valence-corrected chi connectivity index (χ0v) is 10.2. The summed E-state index contributed by atoms with van der Waals surface area (Å²) in [6.45, 7) is 3.94. The molecule has 1 aliphatic rings. The van der Waals surface area contributed by atoms with Crippen molar-refractivity contribution in [2.24, 2.45) is 0 Å². The number of aliphatic carboxylic acids is 1. The van der Waals surface area contributed by atoms with Gasteiger partial charge >= 0.3 is 5.97 Å². The highest BCUT2D eigenvalue weighted by Crippen LogP contribution is 2.46. The van der Waals surface area contributed by atoms with Crippen molar-refractivity contribution in [3.63, 3.8) is 0 Å². The summed E-state index contributed by atoms with van der Waals surface area (Å²) in [5.74, 6) is -0.772. The highest BCUT2D eigenvalue weighted by atomic mass is 32.2. The van der Waals surface area contributed by atoms with E-state index in [2.05, 4.69) is 5.32 Å². The molecule has 0 aliphatic carbocycles. The van der Waals surface area contributed by atoms with Gasteiger partial charge in [0.2, 0.25) is 0 Å². The van der Waals surface area contributed by atoms with Crippen molar-refractivity contribution in [3.05, 3.63) is 22.4 Å². The fourth-order valence-corrected chi connectivity index (χ4v) is 3.99. The first kappa shape index (κ1) is 11.0. The average molecular weight is 243 g/mol. The van der Waals surface area contributed by atoms with E-state index in [1.165, 1.54) is 4.88 Å². The van der Waals surface area contributed by atoms with Gasteiger partial charge in [-0.1, -0.05) is 6.07 Å². The van der Waals surface area contributed by atoms with Crippen molar-refractivity contribution in [3.8, 4) is 0 Å². The number of nitrogens with one attached hydrogen (secondary N) is 1. The maximum atomic E-state index is 11.1. The quantitative estimate of drug-likeness (QED) is 0.837. The molecule has 1 aliphatic heterocycles. The molecule has 0 spiro atoms. The lowest BCUT2D eigenvalue weighted by molar-refractivity contribution is -0.139. The van der Waals surface area contributed by atoms with E-state index in [0.29, 0.717) is 0 Å². The van der Waals surface area contributed by atoms with Crippen LogP contribution in [0.4, 0.5) is 0 Å². The summed E-state index contributed by atoms with van der Waals surface area (Å²) in [7, 11) is 0. The van der Waals surface area contributed by atoms with Crippen LogP contribution in [0.5, 0.6) is 0 Å². The van der Waals surface area contributed by atoms with Crippen molar-refractivity contribution in [1.82, 2.24) is 5.32 Å². The van der Waals surface area contributed by atoms with E-state index in [-0.39, 0.29) is 10.1 Å². The van der Waals surface area contributed by atoms with Crippen molar-refractivity contribution in [2.75, 3.05) is 0 Å². The zero-order valence-electron chi connectivity index (χ0n) is 8.56. The average Bonchev–Trinajstić information content (AvgIpc) is 2.69. The molecule has 0 unspecified atom stereocenters. The molecule has 1 aromatic rings. The van der Waals surface area contributed by atoms with Crippen LogP contribution in [-0.2, 0) is 4.79 Å². The monoisotopic (exact) mass is 243 g/mol. The second-order valence-electron chi connectivity index (χ2n) is 4.05. The van der Waals surface area contributed by atoms with Crippen LogP contribution >= 0.6 is 23.1 Å². The van der Waals surface area contributed by atoms with Gasteiger partial charge in [0.1, 0.15) is 6.04 Å². The molecule has 5 heteroatoms. The van der Waals surface area contributed by atoms with Gasteiger partial charge in [0.05, 0.1) is 5.37 Å². The molecule has 0 amide bonds. The van der Waals surface area contributed by atoms with E-state index in [0.717, 1.165) is 0 Å². The third kappa shape index (κ3) is 2.04. The first-order valence-electron chi connectivity index (χ1n) is 4.71. The van der Waals surface area contributed by atoms with Crippen LogP contribution in [0.15, 0.2) is 17.5 Å². The van der Waals surface area contributed by atoms with Crippen molar-refractivity contribution in [2.45, 2.75) is 30.0 Å². The number of thiophene rings is 1. The molecule has 1 aromatic heterocycles. The minimum absolute atomic E-state index is 0.112. The third-order valence-corrected chi connectivity index (χ3v) is 5.04. The molecule has 82 valence electrons. The second-order valence-corrected chi connectivity index (χ2v) is 6.79. The van der Waals surface area contributed by atoms with Gasteiger partial charge in [-0.25, -0.2) is 0 Å². The Morgan fingerprint density at radius 3 is 2.80 bits per heavy atom. The lowest BCUT2D eigenvalue weighted by Crippen LogP contribution is -2.43. The largest absolute Gasteiger partial charge is 0.480 e. The molecule has 2 heterocycles. The predicted molar refractivity (Wildman–Crippen MR) is 63.3 cm³/mol. The number of carbonyl (C=O) groups is 1. The lowest BCUT2D eigenvalue weighted by Gasteiger charge is -2.20. The summed E-state index contributed by atoms with van der Waals surface area (Å²) in [4.78, 5) is 12.3. The van der Waals surface area contributed by atoms with E-state index in [9.17, 15) is 4.79 Å². The number of carboxylic acids is 1. The van der Waals surface area contributed by atoms with E-state index in [1.54, 1.807) is 23.1 Å². The van der Waals surface area contributed by atoms with Gasteiger partial charge in [-0.15, -0.1) is 23.1 Å². The SMILES string of the molecule is CC1(C)S[C@H](c2cccs2)N[C@H]1C(=O)O. The highest BCUT2D eigenvalue weighted by Gasteiger charge is 2.45. The Balaban J connectivity index is 2.19. The van der Waals surface area contributed by atoms with E-state index in [1.807, 2.05) is 31.4 Å². The van der Waals surface area contributed by atoms with Crippen molar-refractivity contribution < 1.29 is 9.90 Å². The predicted octanol–water partition coefficient (Wildman–Crippen LogP) is 2.31. The summed E-state index contributed by atoms with van der Waals surface area (Å²) >= 11 is 3.34. The van der Waals surface area contributed by atoms with Crippen LogP contribution in [0.3, 0.4) is 0 Å². The summed E-state index contributed by atoms with van der Waals surface area (Å²) in [5.41, 5.74) is 0. The first-order valence-corrected chi connectivity index (χ1v) is 6.47. The number of hydrogen-bond acceptors (Lipinski definition) is 4. The summed E-state index contributed by atoms with van der Waals surface area (Å²) in [5, 5.41) is 14.4. The maximum Gasteiger partial charge on any atom is 0.322 e. The van der Waals surface area contributed by atoms with Gasteiger partial charge in [0.15, 0.2) is 0 Å². The van der Waals surface area contributed by atoms with Crippen LogP contribution in [-0.4, -0.2) is 21.9 Å². The topological polar surface area (TPSA) is 49.3 Å². The van der Waals surface area contributed by atoms with Crippen molar-refractivity contribution in [1.29, 1.82) is 0 Å². The van der Waals surface area contributed by atoms with Gasteiger partial charge in [-0.05, 0) is 25.3 Å². The molecular weight excluding hydrogens is 230 g/mol. The summed E-state index contributed by atoms with van der Waals surface area (Å²) < 4.78 is -0.263. The summed E-state index contributed by atoms with van der Waals surface area (Å²) in [6, 6.07) is 3.55. The molecule has 15 heavy (non-hydrogen) atoms. The molecule has 3 nitrogen and oxygen atoms in total. The standard InChI is InChI=1S/C10H13NO2S2/c1-10(2)7(9(12)13)11-8(15-10)6-4-3-5-14-6/h3-5,7-8,11H,1-2H3,(H,12,13)/t7-,8+/m0/s1. The van der Waals surface area contributed by atoms with Crippen molar-refractivity contribution >= 4 is 29.1 Å². The van der Waals surface area contributed by atoms with Crippen LogP contribution in [0.25, 0.3) is 0 Å². The molecule has 1 fully saturated rings. The van der Waals surface area contributed by atoms with Crippen LogP contribution < -0.4 is 5.32 Å². The Hall–Kier alpha value is -0.520. The smallest absolute Gasteiger partial charge is 0.322 e. The Morgan fingerprint density at radius 2 is 2.33 bits per heavy atom. The minimum atomic E-state index is -0.772. The van der Waals surface area contributed by atoms with E-state index < -0.39 is 12.0 Å². The summed E-state index contributed by atoms with van der Waals surface area (Å²) in [6.07, 6.45) is 0. The third-order valence-electron chi connectivity index (χ3n) is 2.48. The molecule has 0 aromatic carbocycles. The fraction of sp³-hybridized carbons (Fsp3) is 0.500. The van der Waals surface area contributed by atoms with Crippen LogP contribution in [0.1, 0.15) is 24.1 Å². The molecule has 0 bridgehead atoms. The first-order chi connectivity index (χ1) is 7.00. The Bertz CT molecular complexity index is 362. The van der Waals surface area contributed by atoms with Gasteiger partial charge < -0.3 is 5.11 Å². The number of rotatable bonds is 2. The Kier molecular flexibility index (Phi) is 2.79. The van der Waals surface area contributed by atoms with E-state index >= 15 is 0 Å². The number of carboxylic acid groups (broad SMARTS) is 1. The highest BCUT2D eigenvalue weighted by molar-refractivity contribution is 8.01. The lowest BCUT2D eigenvalue weighted by atomic mass is 10.0. The number of thioether (sulfide) groups is 1. The Morgan fingerprint density at radius 1 is 1.60 bits per heavy atom. The van der Waals surface area contributed by atoms with Gasteiger partial charge in [-0.2, -0.15) is 0 Å². The van der Waals surface area contributed by atoms with E-state index in [4.69, 9.17) is 5.11 Å². The molecule has 2 rings (SSSR count). The maximum absolute atomic E-state index is 11.1. The Labute approximate surface area is 96.9 Å². The molecule has 2 atom stereocenters. The van der Waals surface area contributed by atoms with Gasteiger partial charge in [0, 0.05) is 9.62 Å². The van der Waals surface area contributed by atoms with Gasteiger partial charge in [0.25, 0.3) is 0 Å². The number of hydrogen-bond donors (Lipinski definition) is 2. The normalized spacial score (nSPS) is 29.2. The van der Waals surface area contributed by atoms with Gasteiger partial charge in [-0.3, -0.25) is 10.1 Å². The molecular formula is C10H13NO2S2. The van der Waals surface area contributed by atoms with Crippen LogP contribution in [0, 0.1) is 0 Å². The minimum Gasteiger partial charge on any atom is -0.480 e. The van der Waals surface area contributed by atoms with Crippen LogP contribution in [0.2, 0.25) is 0 Å². The zero-order chi connectivity index (χ0) is 11.1.